The Balaban J connectivity index is 1.67. The second-order valence-corrected chi connectivity index (χ2v) is 10.3. The van der Waals surface area contributed by atoms with Gasteiger partial charge in [0.15, 0.2) is 0 Å². The van der Waals surface area contributed by atoms with E-state index in [-0.39, 0.29) is 11.6 Å². The van der Waals surface area contributed by atoms with Crippen molar-refractivity contribution in [2.24, 2.45) is 0 Å². The molecule has 1 saturated heterocycles. The summed E-state index contributed by atoms with van der Waals surface area (Å²) in [6, 6.07) is -0.0843. The van der Waals surface area contributed by atoms with Gasteiger partial charge in [-0.3, -0.25) is 14.3 Å². The van der Waals surface area contributed by atoms with E-state index >= 15 is 0 Å². The van der Waals surface area contributed by atoms with E-state index in [0.29, 0.717) is 0 Å². The maximum Gasteiger partial charge on any atom is 0.344 e. The Morgan fingerprint density at radius 3 is 2.38 bits per heavy atom. The molecule has 1 aromatic rings. The van der Waals surface area contributed by atoms with Crippen LogP contribution in [0.5, 0.6) is 0 Å². The molecule has 1 aliphatic heterocycles. The van der Waals surface area contributed by atoms with E-state index in [0.717, 1.165) is 32.1 Å². The van der Waals surface area contributed by atoms with Crippen molar-refractivity contribution in [3.05, 3.63) is 32.6 Å². The summed E-state index contributed by atoms with van der Waals surface area (Å²) in [5.74, 6) is 0. The Bertz CT molecular complexity index is 863. The number of nitrogens with zero attached hydrogens (tertiary/aromatic N) is 1. The van der Waals surface area contributed by atoms with Crippen LogP contribution in [0.3, 0.4) is 0 Å². The lowest BCUT2D eigenvalue weighted by molar-refractivity contribution is -0.0194. The first-order valence-electron chi connectivity index (χ1n) is 9.69. The Kier molecular flexibility index (Phi) is 9.66. The van der Waals surface area contributed by atoms with Crippen molar-refractivity contribution >= 4 is 25.8 Å². The number of aliphatic hydroxyl groups excluding tert-OH is 2. The van der Waals surface area contributed by atoms with Crippen molar-refractivity contribution < 1.29 is 47.7 Å². The van der Waals surface area contributed by atoms with Gasteiger partial charge in [0.25, 0.3) is 5.56 Å². The molecule has 6 unspecified atom stereocenters. The molecule has 32 heavy (non-hydrogen) atoms. The number of nitrogens with one attached hydrogen (secondary N) is 1. The lowest BCUT2D eigenvalue weighted by Crippen LogP contribution is -2.37. The number of aliphatic hydroxyl groups is 2. The summed E-state index contributed by atoms with van der Waals surface area (Å²) < 4.78 is 20.6. The highest BCUT2D eigenvalue weighted by Gasteiger charge is 2.45. The molecule has 6 atom stereocenters. The molecule has 1 saturated carbocycles. The molecule has 2 aliphatic rings. The second kappa shape index (κ2) is 11.8. The predicted octanol–water partition coefficient (Wildman–Crippen LogP) is -0.0968. The molecule has 0 radical (unpaired) electrons. The molecular formula is C15H25N2O12P3. The van der Waals surface area contributed by atoms with Gasteiger partial charge in [0.05, 0.1) is 12.2 Å². The summed E-state index contributed by atoms with van der Waals surface area (Å²) in [5.41, 5.74) is -1.34. The normalized spacial score (nSPS) is 28.8. The van der Waals surface area contributed by atoms with Crippen molar-refractivity contribution in [3.63, 3.8) is 0 Å². The molecule has 14 nitrogen and oxygen atoms in total. The number of aromatic nitrogens is 2. The summed E-state index contributed by atoms with van der Waals surface area (Å²) in [6.07, 6.45) is 0.456. The van der Waals surface area contributed by atoms with Crippen molar-refractivity contribution in [1.29, 1.82) is 0 Å². The van der Waals surface area contributed by atoms with E-state index in [9.17, 15) is 29.6 Å². The number of hydrogen-bond donors (Lipinski definition) is 7. The number of rotatable bonds is 9. The maximum atomic E-state index is 12.4. The van der Waals surface area contributed by atoms with Crippen LogP contribution >= 0.6 is 25.8 Å². The zero-order valence-electron chi connectivity index (χ0n) is 16.6. The highest BCUT2D eigenvalue weighted by Crippen LogP contribution is 2.55. The van der Waals surface area contributed by atoms with Gasteiger partial charge >= 0.3 is 31.5 Å². The molecule has 3 rings (SSSR count). The summed E-state index contributed by atoms with van der Waals surface area (Å²) in [4.78, 5) is 63.0. The molecule has 0 aromatic carbocycles. The Hall–Kier alpha value is -0.430. The van der Waals surface area contributed by atoms with Crippen LogP contribution in [0.25, 0.3) is 0 Å². The molecule has 7 N–H and O–H groups in total. The average molecular weight is 518 g/mol. The van der Waals surface area contributed by atoms with E-state index in [1.165, 1.54) is 10.8 Å². The molecule has 0 amide bonds. The van der Waals surface area contributed by atoms with Crippen LogP contribution in [0.15, 0.2) is 15.8 Å². The SMILES string of the molecule is O=c1[nH]c(=O)n(C2CCCCC2)cc1C1OC(COP(O)OP(O)OP(O)O)C(O)C1O. The highest BCUT2D eigenvalue weighted by molar-refractivity contribution is 7.60. The number of aromatic amines is 1. The summed E-state index contributed by atoms with van der Waals surface area (Å²) in [7, 11) is -8.45. The van der Waals surface area contributed by atoms with Crippen molar-refractivity contribution in [2.45, 2.75) is 62.6 Å². The van der Waals surface area contributed by atoms with E-state index in [1.54, 1.807) is 0 Å². The molecule has 182 valence electrons. The Morgan fingerprint density at radius 1 is 1.03 bits per heavy atom. The molecule has 2 fully saturated rings. The molecule has 2 heterocycles. The summed E-state index contributed by atoms with van der Waals surface area (Å²) >= 11 is 0. The average Bonchev–Trinajstić information content (AvgIpc) is 3.01. The molecule has 0 bridgehead atoms. The third-order valence-corrected chi connectivity index (χ3v) is 7.89. The number of hydrogen-bond acceptors (Lipinski definition) is 12. The standard InChI is InChI=1S/C15H25N2O12P3/c18-11-10(7-26-31(24)29-32(25)28-30(22)23)27-13(12(11)19)9-6-17(15(21)16-14(9)20)8-4-2-1-3-5-8/h6,8,10-13,18-19,22-25H,1-5,7H2,(H,16,20,21). The minimum absolute atomic E-state index is 0.0294. The second-order valence-electron chi connectivity index (χ2n) is 7.31. The van der Waals surface area contributed by atoms with Gasteiger partial charge in [-0.05, 0) is 12.8 Å². The van der Waals surface area contributed by atoms with Crippen LogP contribution in [0.1, 0.15) is 49.8 Å². The van der Waals surface area contributed by atoms with Crippen LogP contribution in [-0.4, -0.2) is 64.3 Å². The van der Waals surface area contributed by atoms with Gasteiger partial charge in [-0.15, -0.1) is 0 Å². The molecule has 1 aliphatic carbocycles. The first kappa shape index (κ1) is 26.2. The van der Waals surface area contributed by atoms with Gasteiger partial charge in [0, 0.05) is 12.2 Å². The smallest absolute Gasteiger partial charge is 0.344 e. The highest BCUT2D eigenvalue weighted by atomic mass is 31.3. The van der Waals surface area contributed by atoms with Gasteiger partial charge in [0.2, 0.25) is 0 Å². The van der Waals surface area contributed by atoms with E-state index in [1.807, 2.05) is 0 Å². The van der Waals surface area contributed by atoms with Gasteiger partial charge in [-0.2, -0.15) is 0 Å². The Labute approximate surface area is 185 Å². The van der Waals surface area contributed by atoms with E-state index in [2.05, 4.69) is 13.6 Å². The fraction of sp³-hybridized carbons (Fsp3) is 0.733. The largest absolute Gasteiger partial charge is 0.387 e. The zero-order chi connectivity index (χ0) is 23.4. The number of H-pyrrole nitrogens is 1. The first-order chi connectivity index (χ1) is 15.2. The Morgan fingerprint density at radius 2 is 1.72 bits per heavy atom. The fourth-order valence-corrected chi connectivity index (χ4v) is 5.60. The predicted molar refractivity (Wildman–Crippen MR) is 111 cm³/mol. The van der Waals surface area contributed by atoms with Crippen molar-refractivity contribution in [3.8, 4) is 0 Å². The lowest BCUT2D eigenvalue weighted by atomic mass is 9.95. The quantitative estimate of drug-likeness (QED) is 0.214. The molecular weight excluding hydrogens is 493 g/mol. The van der Waals surface area contributed by atoms with Gasteiger partial charge < -0.3 is 39.0 Å². The monoisotopic (exact) mass is 518 g/mol. The van der Waals surface area contributed by atoms with Crippen LogP contribution in [0.4, 0.5) is 0 Å². The minimum atomic E-state index is -2.90. The van der Waals surface area contributed by atoms with Crippen LogP contribution in [-0.2, 0) is 17.9 Å². The van der Waals surface area contributed by atoms with Crippen LogP contribution < -0.4 is 11.2 Å². The van der Waals surface area contributed by atoms with E-state index in [4.69, 9.17) is 19.0 Å². The molecule has 0 spiro atoms. The van der Waals surface area contributed by atoms with Gasteiger partial charge in [-0.1, -0.05) is 19.3 Å². The lowest BCUT2D eigenvalue weighted by Gasteiger charge is -2.24. The fourth-order valence-electron chi connectivity index (χ4n) is 3.78. The van der Waals surface area contributed by atoms with Crippen LogP contribution in [0, 0.1) is 0 Å². The number of ether oxygens (including phenoxy) is 1. The third-order valence-electron chi connectivity index (χ3n) is 5.26. The summed E-state index contributed by atoms with van der Waals surface area (Å²) in [6.45, 7) is -0.493. The topological polar surface area (TPSA) is 213 Å². The van der Waals surface area contributed by atoms with Gasteiger partial charge in [-0.25, -0.2) is 13.4 Å². The summed E-state index contributed by atoms with van der Waals surface area (Å²) in [5, 5.41) is 20.7. The van der Waals surface area contributed by atoms with E-state index < -0.39 is 68.1 Å². The first-order valence-corrected chi connectivity index (χ1v) is 13.1. The van der Waals surface area contributed by atoms with Gasteiger partial charge in [0.1, 0.15) is 24.4 Å². The minimum Gasteiger partial charge on any atom is -0.387 e. The third kappa shape index (κ3) is 6.58. The van der Waals surface area contributed by atoms with Crippen molar-refractivity contribution in [1.82, 2.24) is 9.55 Å². The van der Waals surface area contributed by atoms with Crippen LogP contribution in [0.2, 0.25) is 0 Å². The maximum absolute atomic E-state index is 12.4. The molecule has 17 heteroatoms. The zero-order valence-corrected chi connectivity index (χ0v) is 19.3. The van der Waals surface area contributed by atoms with Crippen molar-refractivity contribution in [2.75, 3.05) is 6.61 Å². The molecule has 1 aromatic heterocycles.